The minimum absolute atomic E-state index is 0.0771. The number of nitrogens with zero attached hydrogens (tertiary/aromatic N) is 2. The summed E-state index contributed by atoms with van der Waals surface area (Å²) in [7, 11) is 0. The highest BCUT2D eigenvalue weighted by atomic mass is 32.1. The Balaban J connectivity index is 1.55. The highest BCUT2D eigenvalue weighted by Gasteiger charge is 2.20. The molecule has 1 aliphatic heterocycles. The number of benzene rings is 1. The number of aryl methyl sites for hydroxylation is 1. The van der Waals surface area contributed by atoms with Crippen molar-refractivity contribution in [3.63, 3.8) is 0 Å². The standard InChI is InChI=1S/C22H30N4OS/c1-4-23-22(25-16(2)13-20-10-9-17(3)28-20)24-14-21(27)26-12-11-18-7-5-6-8-19(18)15-26/h5-10,16H,4,11-15H2,1-3H3,(H2,23,24,25). The van der Waals surface area contributed by atoms with Crippen LogP contribution in [0.15, 0.2) is 41.4 Å². The minimum atomic E-state index is 0.0771. The normalized spacial score (nSPS) is 15.1. The summed E-state index contributed by atoms with van der Waals surface area (Å²) in [5.74, 6) is 0.780. The zero-order valence-corrected chi connectivity index (χ0v) is 17.8. The van der Waals surface area contributed by atoms with Gasteiger partial charge in [0.05, 0.1) is 0 Å². The first-order chi connectivity index (χ1) is 13.5. The fourth-order valence-electron chi connectivity index (χ4n) is 3.46. The summed E-state index contributed by atoms with van der Waals surface area (Å²) in [5, 5.41) is 6.67. The third kappa shape index (κ3) is 5.58. The van der Waals surface area contributed by atoms with Crippen LogP contribution in [0.25, 0.3) is 0 Å². The van der Waals surface area contributed by atoms with Gasteiger partial charge in [-0.05, 0) is 50.5 Å². The van der Waals surface area contributed by atoms with Crippen LogP contribution < -0.4 is 10.6 Å². The summed E-state index contributed by atoms with van der Waals surface area (Å²) >= 11 is 1.83. The van der Waals surface area contributed by atoms with Crippen molar-refractivity contribution < 1.29 is 4.79 Å². The molecule has 0 saturated carbocycles. The van der Waals surface area contributed by atoms with Gasteiger partial charge in [0.15, 0.2) is 5.96 Å². The van der Waals surface area contributed by atoms with Crippen LogP contribution in [-0.4, -0.2) is 42.4 Å². The third-order valence-electron chi connectivity index (χ3n) is 4.89. The van der Waals surface area contributed by atoms with E-state index in [1.807, 2.05) is 29.2 Å². The Morgan fingerprint density at radius 2 is 2.04 bits per heavy atom. The van der Waals surface area contributed by atoms with E-state index in [-0.39, 0.29) is 18.5 Å². The van der Waals surface area contributed by atoms with Crippen molar-refractivity contribution >= 4 is 23.2 Å². The van der Waals surface area contributed by atoms with E-state index in [4.69, 9.17) is 0 Å². The van der Waals surface area contributed by atoms with Crippen LogP contribution in [0.5, 0.6) is 0 Å². The number of fused-ring (bicyclic) bond motifs is 1. The van der Waals surface area contributed by atoms with Crippen LogP contribution in [0.1, 0.15) is 34.7 Å². The topological polar surface area (TPSA) is 56.7 Å². The Hall–Kier alpha value is -2.34. The largest absolute Gasteiger partial charge is 0.357 e. The average molecular weight is 399 g/mol. The fraction of sp³-hybridized carbons (Fsp3) is 0.455. The van der Waals surface area contributed by atoms with Gasteiger partial charge in [-0.2, -0.15) is 0 Å². The van der Waals surface area contributed by atoms with Gasteiger partial charge in [-0.1, -0.05) is 24.3 Å². The highest BCUT2D eigenvalue weighted by Crippen LogP contribution is 2.18. The summed E-state index contributed by atoms with van der Waals surface area (Å²) in [5.41, 5.74) is 2.60. The molecule has 6 heteroatoms. The Kier molecular flexibility index (Phi) is 7.09. The molecule has 28 heavy (non-hydrogen) atoms. The summed E-state index contributed by atoms with van der Waals surface area (Å²) in [6.45, 7) is 8.69. The van der Waals surface area contributed by atoms with E-state index in [2.05, 4.69) is 59.8 Å². The minimum Gasteiger partial charge on any atom is -0.357 e. The summed E-state index contributed by atoms with van der Waals surface area (Å²) < 4.78 is 0. The molecule has 0 fully saturated rings. The Labute approximate surface area is 171 Å². The molecule has 0 saturated heterocycles. The Morgan fingerprint density at radius 1 is 1.25 bits per heavy atom. The number of carbonyl (C=O) groups is 1. The second kappa shape index (κ2) is 9.73. The molecule has 1 atom stereocenters. The molecule has 1 aromatic heterocycles. The van der Waals surface area contributed by atoms with Gasteiger partial charge in [0.25, 0.3) is 0 Å². The van der Waals surface area contributed by atoms with Crippen molar-refractivity contribution in [2.75, 3.05) is 19.6 Å². The van der Waals surface area contributed by atoms with Crippen molar-refractivity contribution in [2.45, 2.75) is 46.2 Å². The molecule has 1 aromatic carbocycles. The highest BCUT2D eigenvalue weighted by molar-refractivity contribution is 7.11. The number of hydrogen-bond donors (Lipinski definition) is 2. The zero-order valence-electron chi connectivity index (χ0n) is 17.0. The van der Waals surface area contributed by atoms with Crippen LogP contribution >= 0.6 is 11.3 Å². The van der Waals surface area contributed by atoms with E-state index >= 15 is 0 Å². The molecule has 5 nitrogen and oxygen atoms in total. The number of aliphatic imine (C=N–C) groups is 1. The fourth-order valence-corrected chi connectivity index (χ4v) is 4.48. The molecule has 150 valence electrons. The van der Waals surface area contributed by atoms with E-state index in [9.17, 15) is 4.79 Å². The number of amides is 1. The Bertz CT molecular complexity index is 829. The molecule has 2 N–H and O–H groups in total. The van der Waals surface area contributed by atoms with Crippen LogP contribution in [0.3, 0.4) is 0 Å². The van der Waals surface area contributed by atoms with Crippen molar-refractivity contribution in [1.29, 1.82) is 0 Å². The van der Waals surface area contributed by atoms with Crippen LogP contribution in [0.4, 0.5) is 0 Å². The maximum atomic E-state index is 12.7. The first-order valence-electron chi connectivity index (χ1n) is 10.00. The lowest BCUT2D eigenvalue weighted by Gasteiger charge is -2.28. The number of thiophene rings is 1. The average Bonchev–Trinajstić information content (AvgIpc) is 3.10. The molecule has 2 heterocycles. The molecule has 1 amide bonds. The predicted molar refractivity (Wildman–Crippen MR) is 117 cm³/mol. The molecule has 0 bridgehead atoms. The van der Waals surface area contributed by atoms with Gasteiger partial charge in [0.1, 0.15) is 6.54 Å². The van der Waals surface area contributed by atoms with Crippen molar-refractivity contribution in [2.24, 2.45) is 4.99 Å². The van der Waals surface area contributed by atoms with Gasteiger partial charge in [-0.25, -0.2) is 4.99 Å². The van der Waals surface area contributed by atoms with Gasteiger partial charge in [0, 0.05) is 41.9 Å². The second-order valence-electron chi connectivity index (χ2n) is 7.29. The lowest BCUT2D eigenvalue weighted by molar-refractivity contribution is -0.130. The molecule has 1 unspecified atom stereocenters. The second-order valence-corrected chi connectivity index (χ2v) is 8.66. The smallest absolute Gasteiger partial charge is 0.244 e. The Morgan fingerprint density at radius 3 is 2.75 bits per heavy atom. The number of rotatable bonds is 6. The monoisotopic (exact) mass is 398 g/mol. The first-order valence-corrected chi connectivity index (χ1v) is 10.8. The van der Waals surface area contributed by atoms with E-state index in [0.29, 0.717) is 12.5 Å². The van der Waals surface area contributed by atoms with E-state index < -0.39 is 0 Å². The van der Waals surface area contributed by atoms with Gasteiger partial charge in [0.2, 0.25) is 5.91 Å². The van der Waals surface area contributed by atoms with E-state index in [0.717, 1.165) is 25.9 Å². The van der Waals surface area contributed by atoms with E-state index in [1.54, 1.807) is 0 Å². The van der Waals surface area contributed by atoms with Crippen LogP contribution in [0, 0.1) is 6.92 Å². The van der Waals surface area contributed by atoms with Crippen molar-refractivity contribution in [3.8, 4) is 0 Å². The van der Waals surface area contributed by atoms with Crippen LogP contribution in [-0.2, 0) is 24.2 Å². The molecule has 0 aliphatic carbocycles. The first kappa shape index (κ1) is 20.4. The van der Waals surface area contributed by atoms with Crippen molar-refractivity contribution in [1.82, 2.24) is 15.5 Å². The van der Waals surface area contributed by atoms with Gasteiger partial charge >= 0.3 is 0 Å². The molecular weight excluding hydrogens is 368 g/mol. The maximum absolute atomic E-state index is 12.7. The maximum Gasteiger partial charge on any atom is 0.244 e. The lowest BCUT2D eigenvalue weighted by Crippen LogP contribution is -2.44. The molecule has 1 aliphatic rings. The lowest BCUT2D eigenvalue weighted by atomic mass is 10.00. The molecule has 2 aromatic rings. The third-order valence-corrected chi connectivity index (χ3v) is 5.91. The number of hydrogen-bond acceptors (Lipinski definition) is 3. The number of guanidine groups is 1. The summed E-state index contributed by atoms with van der Waals surface area (Å²) in [4.78, 5) is 21.8. The van der Waals surface area contributed by atoms with Gasteiger partial charge in [-0.3, -0.25) is 4.79 Å². The molecular formula is C22H30N4OS. The molecule has 3 rings (SSSR count). The zero-order chi connectivity index (χ0) is 19.9. The predicted octanol–water partition coefficient (Wildman–Crippen LogP) is 3.13. The SMILES string of the molecule is CCNC(=NCC(=O)N1CCc2ccccc2C1)NC(C)Cc1ccc(C)s1. The number of nitrogens with one attached hydrogen (secondary N) is 2. The van der Waals surface area contributed by atoms with Gasteiger partial charge < -0.3 is 15.5 Å². The van der Waals surface area contributed by atoms with Crippen LogP contribution in [0.2, 0.25) is 0 Å². The quantitative estimate of drug-likeness (QED) is 0.581. The summed E-state index contributed by atoms with van der Waals surface area (Å²) in [6.07, 6.45) is 1.86. The van der Waals surface area contributed by atoms with E-state index in [1.165, 1.54) is 20.9 Å². The van der Waals surface area contributed by atoms with Gasteiger partial charge in [-0.15, -0.1) is 11.3 Å². The summed E-state index contributed by atoms with van der Waals surface area (Å²) in [6, 6.07) is 12.9. The van der Waals surface area contributed by atoms with Crippen molar-refractivity contribution in [3.05, 3.63) is 57.3 Å². The molecule has 0 radical (unpaired) electrons. The number of carbonyl (C=O) groups excluding carboxylic acids is 1. The molecule has 0 spiro atoms.